The van der Waals surface area contributed by atoms with Crippen molar-refractivity contribution in [3.63, 3.8) is 0 Å². The van der Waals surface area contributed by atoms with Crippen molar-refractivity contribution in [2.75, 3.05) is 26.2 Å². The van der Waals surface area contributed by atoms with E-state index in [1.807, 2.05) is 23.9 Å². The maximum atomic E-state index is 5.39. The molecule has 1 N–H and O–H groups in total. The third-order valence-electron chi connectivity index (χ3n) is 2.72. The minimum absolute atomic E-state index is 0.296. The van der Waals surface area contributed by atoms with E-state index in [1.165, 1.54) is 0 Å². The Hall–Kier alpha value is -1.07. The Kier molecular flexibility index (Phi) is 2.57. The summed E-state index contributed by atoms with van der Waals surface area (Å²) >= 11 is 1.88. The maximum Gasteiger partial charge on any atom is 0.231 e. The summed E-state index contributed by atoms with van der Waals surface area (Å²) in [6.45, 7) is 1.33. The Balaban J connectivity index is 2.01. The standard InChI is InChI=1S/C11H13NO3S/c1-13-8-5-10-9(14-6-15-10)4-7(8)11-12-2-3-16-11/h4-5,11-12H,2-3,6H2,1H3/t11-/m0/s1. The fourth-order valence-electron chi connectivity index (χ4n) is 1.95. The zero-order valence-corrected chi connectivity index (χ0v) is 9.80. The molecule has 1 aromatic rings. The van der Waals surface area contributed by atoms with Crippen LogP contribution in [0, 0.1) is 0 Å². The van der Waals surface area contributed by atoms with E-state index in [1.54, 1.807) is 7.11 Å². The van der Waals surface area contributed by atoms with Crippen molar-refractivity contribution in [3.8, 4) is 17.2 Å². The van der Waals surface area contributed by atoms with Crippen LogP contribution in [0.25, 0.3) is 0 Å². The van der Waals surface area contributed by atoms with Crippen LogP contribution in [0.2, 0.25) is 0 Å². The first-order valence-electron chi connectivity index (χ1n) is 5.21. The molecule has 0 aromatic heterocycles. The van der Waals surface area contributed by atoms with E-state index in [-0.39, 0.29) is 0 Å². The molecule has 16 heavy (non-hydrogen) atoms. The minimum Gasteiger partial charge on any atom is -0.496 e. The molecular formula is C11H13NO3S. The predicted octanol–water partition coefficient (Wildman–Crippen LogP) is 1.76. The lowest BCUT2D eigenvalue weighted by atomic mass is 10.1. The highest BCUT2D eigenvalue weighted by Crippen LogP contribution is 2.43. The van der Waals surface area contributed by atoms with E-state index >= 15 is 0 Å². The number of thioether (sulfide) groups is 1. The van der Waals surface area contributed by atoms with Crippen LogP contribution in [0.5, 0.6) is 17.2 Å². The zero-order chi connectivity index (χ0) is 11.0. The molecule has 1 aromatic carbocycles. The molecule has 0 amide bonds. The first-order valence-corrected chi connectivity index (χ1v) is 6.26. The molecule has 2 aliphatic heterocycles. The quantitative estimate of drug-likeness (QED) is 0.851. The molecule has 2 heterocycles. The summed E-state index contributed by atoms with van der Waals surface area (Å²) in [6, 6.07) is 3.91. The fourth-order valence-corrected chi connectivity index (χ4v) is 3.02. The summed E-state index contributed by atoms with van der Waals surface area (Å²) in [5.41, 5.74) is 1.13. The van der Waals surface area contributed by atoms with Crippen LogP contribution in [0.3, 0.4) is 0 Å². The maximum absolute atomic E-state index is 5.39. The van der Waals surface area contributed by atoms with E-state index in [9.17, 15) is 0 Å². The van der Waals surface area contributed by atoms with Gasteiger partial charge < -0.3 is 19.5 Å². The summed E-state index contributed by atoms with van der Waals surface area (Å²) in [4.78, 5) is 0. The van der Waals surface area contributed by atoms with Crippen LogP contribution in [-0.4, -0.2) is 26.2 Å². The van der Waals surface area contributed by atoms with E-state index in [2.05, 4.69) is 5.32 Å². The highest BCUT2D eigenvalue weighted by Gasteiger charge is 2.25. The van der Waals surface area contributed by atoms with E-state index < -0.39 is 0 Å². The van der Waals surface area contributed by atoms with Crippen LogP contribution in [0.1, 0.15) is 10.9 Å². The summed E-state index contributed by atoms with van der Waals surface area (Å²) in [6.07, 6.45) is 0. The van der Waals surface area contributed by atoms with Crippen molar-refractivity contribution >= 4 is 11.8 Å². The molecule has 0 aliphatic carbocycles. The molecule has 0 bridgehead atoms. The molecule has 0 unspecified atom stereocenters. The largest absolute Gasteiger partial charge is 0.496 e. The van der Waals surface area contributed by atoms with Crippen molar-refractivity contribution in [2.24, 2.45) is 0 Å². The van der Waals surface area contributed by atoms with Gasteiger partial charge in [-0.1, -0.05) is 0 Å². The summed E-state index contributed by atoms with van der Waals surface area (Å²) in [5, 5.41) is 3.72. The molecule has 86 valence electrons. The van der Waals surface area contributed by atoms with Crippen LogP contribution < -0.4 is 19.5 Å². The topological polar surface area (TPSA) is 39.7 Å². The Bertz CT molecular complexity index is 404. The Morgan fingerprint density at radius 1 is 1.38 bits per heavy atom. The summed E-state index contributed by atoms with van der Waals surface area (Å²) in [5.74, 6) is 3.56. The minimum atomic E-state index is 0.296. The molecule has 1 saturated heterocycles. The van der Waals surface area contributed by atoms with Crippen molar-refractivity contribution in [1.29, 1.82) is 0 Å². The van der Waals surface area contributed by atoms with Crippen molar-refractivity contribution in [3.05, 3.63) is 17.7 Å². The highest BCUT2D eigenvalue weighted by molar-refractivity contribution is 7.99. The van der Waals surface area contributed by atoms with Gasteiger partial charge in [-0.2, -0.15) is 0 Å². The van der Waals surface area contributed by atoms with Gasteiger partial charge in [-0.15, -0.1) is 11.8 Å². The molecule has 0 radical (unpaired) electrons. The third-order valence-corrected chi connectivity index (χ3v) is 3.92. The molecule has 1 atom stereocenters. The number of hydrogen-bond donors (Lipinski definition) is 1. The van der Waals surface area contributed by atoms with E-state index in [0.29, 0.717) is 12.2 Å². The molecule has 2 aliphatic rings. The van der Waals surface area contributed by atoms with Gasteiger partial charge in [-0.25, -0.2) is 0 Å². The molecule has 3 rings (SSSR count). The third kappa shape index (κ3) is 1.60. The van der Waals surface area contributed by atoms with Crippen LogP contribution >= 0.6 is 11.8 Å². The normalized spacial score (nSPS) is 22.4. The Morgan fingerprint density at radius 2 is 2.19 bits per heavy atom. The average Bonchev–Trinajstić information content (AvgIpc) is 2.97. The predicted molar refractivity (Wildman–Crippen MR) is 62.3 cm³/mol. The highest BCUT2D eigenvalue weighted by atomic mass is 32.2. The molecule has 1 fully saturated rings. The lowest BCUT2D eigenvalue weighted by molar-refractivity contribution is 0.174. The van der Waals surface area contributed by atoms with E-state index in [4.69, 9.17) is 14.2 Å². The van der Waals surface area contributed by atoms with Crippen molar-refractivity contribution in [2.45, 2.75) is 5.37 Å². The van der Waals surface area contributed by atoms with Gasteiger partial charge in [0.15, 0.2) is 11.5 Å². The van der Waals surface area contributed by atoms with Crippen LogP contribution in [-0.2, 0) is 0 Å². The first kappa shape index (κ1) is 10.1. The first-order chi connectivity index (χ1) is 7.88. The second-order valence-electron chi connectivity index (χ2n) is 3.65. The molecular weight excluding hydrogens is 226 g/mol. The summed E-state index contributed by atoms with van der Waals surface area (Å²) < 4.78 is 16.1. The SMILES string of the molecule is COc1cc2c(cc1[C@H]1NCCS1)OCO2. The Labute approximate surface area is 98.3 Å². The second-order valence-corrected chi connectivity index (χ2v) is 4.87. The number of methoxy groups -OCH3 is 1. The van der Waals surface area contributed by atoms with E-state index in [0.717, 1.165) is 35.1 Å². The molecule has 4 nitrogen and oxygen atoms in total. The van der Waals surface area contributed by atoms with Crippen LogP contribution in [0.4, 0.5) is 0 Å². The number of ether oxygens (including phenoxy) is 3. The van der Waals surface area contributed by atoms with Gasteiger partial charge >= 0.3 is 0 Å². The number of fused-ring (bicyclic) bond motifs is 1. The van der Waals surface area contributed by atoms with Gasteiger partial charge in [0, 0.05) is 23.9 Å². The number of hydrogen-bond acceptors (Lipinski definition) is 5. The number of benzene rings is 1. The smallest absolute Gasteiger partial charge is 0.231 e. The lowest BCUT2D eigenvalue weighted by Crippen LogP contribution is -2.12. The average molecular weight is 239 g/mol. The zero-order valence-electron chi connectivity index (χ0n) is 8.99. The molecule has 5 heteroatoms. The van der Waals surface area contributed by atoms with Gasteiger partial charge in [0.05, 0.1) is 12.5 Å². The molecule has 0 spiro atoms. The number of rotatable bonds is 2. The van der Waals surface area contributed by atoms with Crippen molar-refractivity contribution < 1.29 is 14.2 Å². The van der Waals surface area contributed by atoms with Gasteiger partial charge in [-0.3, -0.25) is 0 Å². The number of nitrogens with one attached hydrogen (secondary N) is 1. The monoisotopic (exact) mass is 239 g/mol. The van der Waals surface area contributed by atoms with Crippen LogP contribution in [0.15, 0.2) is 12.1 Å². The summed E-state index contributed by atoms with van der Waals surface area (Å²) in [7, 11) is 1.68. The van der Waals surface area contributed by atoms with Gasteiger partial charge in [0.1, 0.15) is 5.75 Å². The lowest BCUT2D eigenvalue weighted by Gasteiger charge is -2.15. The van der Waals surface area contributed by atoms with Gasteiger partial charge in [0.2, 0.25) is 6.79 Å². The molecule has 0 saturated carbocycles. The van der Waals surface area contributed by atoms with Gasteiger partial charge in [0.25, 0.3) is 0 Å². The van der Waals surface area contributed by atoms with Crippen molar-refractivity contribution in [1.82, 2.24) is 5.32 Å². The second kappa shape index (κ2) is 4.07. The fraction of sp³-hybridized carbons (Fsp3) is 0.455. The van der Waals surface area contributed by atoms with Gasteiger partial charge in [-0.05, 0) is 6.07 Å². The Morgan fingerprint density at radius 3 is 2.88 bits per heavy atom.